The lowest BCUT2D eigenvalue weighted by molar-refractivity contribution is 0.0438. The van der Waals surface area contributed by atoms with Gasteiger partial charge >= 0.3 is 11.9 Å². The number of hydrogen-bond donors (Lipinski definition) is 0. The number of hydrogen-bond acceptors (Lipinski definition) is 6. The Morgan fingerprint density at radius 1 is 0.778 bits per heavy atom. The molecule has 6 nitrogen and oxygen atoms in total. The fraction of sp³-hybridized carbons (Fsp3) is 0.0952. The molecule has 0 amide bonds. The molecule has 0 atom stereocenters. The SMILES string of the molecule is COC(=O)c1ccc(COC(=O)c2ccc(C(=O)c3ccccc3)cc2)o1. The first-order valence-corrected chi connectivity index (χ1v) is 8.12. The molecule has 0 saturated heterocycles. The van der Waals surface area contributed by atoms with Crippen LogP contribution in [0.15, 0.2) is 71.1 Å². The quantitative estimate of drug-likeness (QED) is 0.490. The van der Waals surface area contributed by atoms with Crippen LogP contribution in [0, 0.1) is 0 Å². The Morgan fingerprint density at radius 2 is 1.41 bits per heavy atom. The van der Waals surface area contributed by atoms with Crippen molar-refractivity contribution in [3.63, 3.8) is 0 Å². The molecule has 0 aliphatic carbocycles. The van der Waals surface area contributed by atoms with Crippen LogP contribution < -0.4 is 0 Å². The Morgan fingerprint density at radius 3 is 2.07 bits per heavy atom. The molecule has 2 aromatic carbocycles. The standard InChI is InChI=1S/C21H16O6/c1-25-21(24)18-12-11-17(27-18)13-26-20(23)16-9-7-15(8-10-16)19(22)14-5-3-2-4-6-14/h2-12H,13H2,1H3. The lowest BCUT2D eigenvalue weighted by Crippen LogP contribution is -2.06. The van der Waals surface area contributed by atoms with Gasteiger partial charge in [-0.05, 0) is 24.3 Å². The zero-order valence-electron chi connectivity index (χ0n) is 14.5. The summed E-state index contributed by atoms with van der Waals surface area (Å²) in [6, 6.07) is 18.1. The van der Waals surface area contributed by atoms with E-state index >= 15 is 0 Å². The number of ketones is 1. The first kappa shape index (κ1) is 18.1. The van der Waals surface area contributed by atoms with Gasteiger partial charge in [0.25, 0.3) is 0 Å². The Hall–Kier alpha value is -3.67. The summed E-state index contributed by atoms with van der Waals surface area (Å²) in [5, 5.41) is 0. The predicted octanol–water partition coefficient (Wildman–Crippen LogP) is 3.65. The van der Waals surface area contributed by atoms with Crippen molar-refractivity contribution in [3.05, 3.63) is 94.9 Å². The van der Waals surface area contributed by atoms with Crippen LogP contribution in [0.2, 0.25) is 0 Å². The first-order chi connectivity index (χ1) is 13.1. The minimum absolute atomic E-state index is 0.0346. The molecule has 0 fully saturated rings. The van der Waals surface area contributed by atoms with Gasteiger partial charge in [0.2, 0.25) is 5.76 Å². The fourth-order valence-corrected chi connectivity index (χ4v) is 2.40. The van der Waals surface area contributed by atoms with Gasteiger partial charge in [-0.2, -0.15) is 0 Å². The summed E-state index contributed by atoms with van der Waals surface area (Å²) < 4.78 is 14.9. The first-order valence-electron chi connectivity index (χ1n) is 8.12. The molecule has 3 aromatic rings. The van der Waals surface area contributed by atoms with Gasteiger partial charge in [-0.3, -0.25) is 4.79 Å². The normalized spacial score (nSPS) is 10.3. The van der Waals surface area contributed by atoms with Gasteiger partial charge in [0.1, 0.15) is 12.4 Å². The van der Waals surface area contributed by atoms with Gasteiger partial charge in [-0.25, -0.2) is 9.59 Å². The zero-order valence-corrected chi connectivity index (χ0v) is 14.5. The van der Waals surface area contributed by atoms with E-state index in [1.807, 2.05) is 6.07 Å². The maximum Gasteiger partial charge on any atom is 0.373 e. The van der Waals surface area contributed by atoms with Crippen LogP contribution in [-0.2, 0) is 16.1 Å². The molecule has 0 aliphatic heterocycles. The molecule has 1 heterocycles. The smallest absolute Gasteiger partial charge is 0.373 e. The van der Waals surface area contributed by atoms with E-state index in [4.69, 9.17) is 9.15 Å². The highest BCUT2D eigenvalue weighted by atomic mass is 16.5. The maximum absolute atomic E-state index is 12.4. The molecule has 0 saturated carbocycles. The second-order valence-electron chi connectivity index (χ2n) is 5.61. The third-order valence-corrected chi connectivity index (χ3v) is 3.81. The Kier molecular flexibility index (Phi) is 5.47. The maximum atomic E-state index is 12.4. The minimum atomic E-state index is -0.605. The van der Waals surface area contributed by atoms with Gasteiger partial charge in [-0.1, -0.05) is 42.5 Å². The Bertz CT molecular complexity index is 954. The van der Waals surface area contributed by atoms with Crippen LogP contribution >= 0.6 is 0 Å². The molecule has 0 aliphatic rings. The van der Waals surface area contributed by atoms with Gasteiger partial charge in [0.05, 0.1) is 12.7 Å². The number of rotatable bonds is 6. The summed E-state index contributed by atoms with van der Waals surface area (Å²) in [7, 11) is 1.25. The predicted molar refractivity (Wildman–Crippen MR) is 95.5 cm³/mol. The van der Waals surface area contributed by atoms with E-state index in [2.05, 4.69) is 4.74 Å². The summed E-state index contributed by atoms with van der Waals surface area (Å²) in [4.78, 5) is 35.8. The van der Waals surface area contributed by atoms with Crippen molar-refractivity contribution in [1.82, 2.24) is 0 Å². The van der Waals surface area contributed by atoms with Crippen molar-refractivity contribution in [3.8, 4) is 0 Å². The molecule has 3 rings (SSSR count). The van der Waals surface area contributed by atoms with E-state index in [1.165, 1.54) is 31.4 Å². The van der Waals surface area contributed by atoms with Crippen molar-refractivity contribution in [2.75, 3.05) is 7.11 Å². The molecule has 0 radical (unpaired) electrons. The monoisotopic (exact) mass is 364 g/mol. The second kappa shape index (κ2) is 8.14. The van der Waals surface area contributed by atoms with Crippen molar-refractivity contribution in [1.29, 1.82) is 0 Å². The third-order valence-electron chi connectivity index (χ3n) is 3.81. The van der Waals surface area contributed by atoms with Gasteiger partial charge < -0.3 is 13.9 Å². The number of carbonyl (C=O) groups is 3. The van der Waals surface area contributed by atoms with Crippen LogP contribution in [0.3, 0.4) is 0 Å². The average molecular weight is 364 g/mol. The summed E-state index contributed by atoms with van der Waals surface area (Å²) in [5.41, 5.74) is 1.36. The van der Waals surface area contributed by atoms with Gasteiger partial charge in [0, 0.05) is 11.1 Å². The van der Waals surface area contributed by atoms with Crippen LogP contribution in [0.1, 0.15) is 42.6 Å². The number of esters is 2. The van der Waals surface area contributed by atoms with Crippen LogP contribution in [0.5, 0.6) is 0 Å². The minimum Gasteiger partial charge on any atom is -0.463 e. The summed E-state index contributed by atoms with van der Waals surface area (Å²) in [6.45, 7) is -0.124. The summed E-state index contributed by atoms with van der Waals surface area (Å²) >= 11 is 0. The molecule has 0 N–H and O–H groups in total. The fourth-order valence-electron chi connectivity index (χ4n) is 2.40. The molecule has 0 unspecified atom stereocenters. The number of carbonyl (C=O) groups excluding carboxylic acids is 3. The van der Waals surface area contributed by atoms with Crippen molar-refractivity contribution >= 4 is 17.7 Å². The van der Waals surface area contributed by atoms with E-state index in [0.29, 0.717) is 22.5 Å². The van der Waals surface area contributed by atoms with E-state index < -0.39 is 11.9 Å². The van der Waals surface area contributed by atoms with E-state index in [0.717, 1.165) is 0 Å². The molecule has 6 heteroatoms. The van der Waals surface area contributed by atoms with Crippen LogP contribution in [0.25, 0.3) is 0 Å². The average Bonchev–Trinajstić information content (AvgIpc) is 3.20. The molecule has 0 spiro atoms. The zero-order chi connectivity index (χ0) is 19.2. The highest BCUT2D eigenvalue weighted by molar-refractivity contribution is 6.09. The second-order valence-corrected chi connectivity index (χ2v) is 5.61. The third kappa shape index (κ3) is 4.30. The Balaban J connectivity index is 1.61. The lowest BCUT2D eigenvalue weighted by Gasteiger charge is -2.05. The Labute approximate surface area is 155 Å². The van der Waals surface area contributed by atoms with Crippen molar-refractivity contribution in [2.45, 2.75) is 6.61 Å². The van der Waals surface area contributed by atoms with Gasteiger partial charge in [-0.15, -0.1) is 0 Å². The molecule has 136 valence electrons. The number of furan rings is 1. The lowest BCUT2D eigenvalue weighted by atomic mass is 10.0. The van der Waals surface area contributed by atoms with E-state index in [9.17, 15) is 14.4 Å². The topological polar surface area (TPSA) is 82.8 Å². The number of methoxy groups -OCH3 is 1. The number of benzene rings is 2. The van der Waals surface area contributed by atoms with Crippen molar-refractivity contribution in [2.24, 2.45) is 0 Å². The molecule has 0 bridgehead atoms. The highest BCUT2D eigenvalue weighted by Gasteiger charge is 2.14. The van der Waals surface area contributed by atoms with E-state index in [1.54, 1.807) is 36.4 Å². The molecule has 27 heavy (non-hydrogen) atoms. The van der Waals surface area contributed by atoms with Crippen LogP contribution in [0.4, 0.5) is 0 Å². The van der Waals surface area contributed by atoms with Crippen molar-refractivity contribution < 1.29 is 28.3 Å². The van der Waals surface area contributed by atoms with Crippen LogP contribution in [-0.4, -0.2) is 24.8 Å². The summed E-state index contributed by atoms with van der Waals surface area (Å²) in [5.74, 6) is -0.940. The molecule has 1 aromatic heterocycles. The molecular weight excluding hydrogens is 348 g/mol. The molecular formula is C21H16O6. The summed E-state index contributed by atoms with van der Waals surface area (Å²) in [6.07, 6.45) is 0. The number of ether oxygens (including phenoxy) is 2. The van der Waals surface area contributed by atoms with Gasteiger partial charge in [0.15, 0.2) is 5.78 Å². The van der Waals surface area contributed by atoms with E-state index in [-0.39, 0.29) is 18.2 Å². The largest absolute Gasteiger partial charge is 0.463 e. The highest BCUT2D eigenvalue weighted by Crippen LogP contribution is 2.14.